The van der Waals surface area contributed by atoms with Gasteiger partial charge >= 0.3 is 0 Å². The summed E-state index contributed by atoms with van der Waals surface area (Å²) < 4.78 is 80.1. The van der Waals surface area contributed by atoms with Gasteiger partial charge in [-0.1, -0.05) is 0 Å². The maximum atomic E-state index is 14.1. The van der Waals surface area contributed by atoms with Crippen molar-refractivity contribution >= 4 is 28.7 Å². The molecule has 12 heteroatoms. The minimum atomic E-state index is -2.21. The average Bonchev–Trinajstić information content (AvgIpc) is 3.06. The number of anilines is 2. The Balaban J connectivity index is 1.86. The number of hydrogen-bond acceptors (Lipinski definition) is 4. The van der Waals surface area contributed by atoms with Crippen LogP contribution < -0.4 is 20.1 Å². The largest absolute Gasteiger partial charge is 0.497 e. The highest BCUT2D eigenvalue weighted by atomic mass is 32.1. The van der Waals surface area contributed by atoms with Crippen LogP contribution in [0.2, 0.25) is 0 Å². The van der Waals surface area contributed by atoms with Gasteiger partial charge in [-0.15, -0.1) is 0 Å². The van der Waals surface area contributed by atoms with E-state index < -0.39 is 41.2 Å². The number of halogens is 5. The van der Waals surface area contributed by atoms with Crippen molar-refractivity contribution in [2.45, 2.75) is 20.4 Å². The quantitative estimate of drug-likeness (QED) is 0.220. The molecule has 0 bridgehead atoms. The van der Waals surface area contributed by atoms with Gasteiger partial charge in [0.1, 0.15) is 11.5 Å². The molecule has 2 aromatic carbocycles. The molecular weight excluding hydrogens is 467 g/mol. The van der Waals surface area contributed by atoms with Gasteiger partial charge in [-0.25, -0.2) is 22.0 Å². The van der Waals surface area contributed by atoms with Gasteiger partial charge in [0.15, 0.2) is 28.4 Å². The molecule has 0 saturated heterocycles. The minimum Gasteiger partial charge on any atom is -0.497 e. The van der Waals surface area contributed by atoms with Crippen molar-refractivity contribution in [2.75, 3.05) is 24.9 Å². The highest BCUT2D eigenvalue weighted by Crippen LogP contribution is 2.30. The van der Waals surface area contributed by atoms with Crippen molar-refractivity contribution in [3.63, 3.8) is 0 Å². The molecule has 0 fully saturated rings. The number of aromatic nitrogens is 2. The standard InChI is InChI=1S/C21H19F5N4O2S/c1-9-20(28-21(33)27-13-7-11(31-3)5-6-14(13)32-4)10(2)30(29-9)8-12-15(22)17(24)19(26)18(25)16(12)23/h5-7H,8H2,1-4H3,(H2,27,28,33). The Morgan fingerprint density at radius 2 is 1.55 bits per heavy atom. The van der Waals surface area contributed by atoms with Gasteiger partial charge in [0.25, 0.3) is 0 Å². The average molecular weight is 486 g/mol. The number of methoxy groups -OCH3 is 2. The van der Waals surface area contributed by atoms with E-state index in [1.807, 2.05) is 0 Å². The van der Waals surface area contributed by atoms with E-state index in [4.69, 9.17) is 21.7 Å². The third-order valence-electron chi connectivity index (χ3n) is 4.88. The molecule has 0 aliphatic heterocycles. The summed E-state index contributed by atoms with van der Waals surface area (Å²) in [5, 5.41) is 10.2. The van der Waals surface area contributed by atoms with E-state index in [2.05, 4.69) is 15.7 Å². The van der Waals surface area contributed by atoms with Crippen molar-refractivity contribution in [2.24, 2.45) is 0 Å². The minimum absolute atomic E-state index is 0.142. The molecule has 0 aliphatic carbocycles. The Bertz CT molecular complexity index is 1200. The second kappa shape index (κ2) is 9.61. The first kappa shape index (κ1) is 24.2. The summed E-state index contributed by atoms with van der Waals surface area (Å²) in [5.41, 5.74) is 0.665. The van der Waals surface area contributed by atoms with Crippen LogP contribution >= 0.6 is 12.2 Å². The third kappa shape index (κ3) is 4.70. The molecule has 3 aromatic rings. The van der Waals surface area contributed by atoms with Crippen LogP contribution in [0.4, 0.5) is 33.3 Å². The van der Waals surface area contributed by atoms with Crippen molar-refractivity contribution in [1.82, 2.24) is 9.78 Å². The summed E-state index contributed by atoms with van der Waals surface area (Å²) in [6.45, 7) is 2.48. The van der Waals surface area contributed by atoms with Crippen molar-refractivity contribution in [3.05, 3.63) is 64.2 Å². The topological polar surface area (TPSA) is 60.3 Å². The zero-order valence-corrected chi connectivity index (χ0v) is 18.8. The van der Waals surface area contributed by atoms with Gasteiger partial charge < -0.3 is 20.1 Å². The van der Waals surface area contributed by atoms with E-state index in [0.29, 0.717) is 34.3 Å². The number of rotatable bonds is 6. The number of benzene rings is 2. The third-order valence-corrected chi connectivity index (χ3v) is 5.09. The predicted molar refractivity (Wildman–Crippen MR) is 116 cm³/mol. The molecule has 1 aromatic heterocycles. The second-order valence-electron chi connectivity index (χ2n) is 6.90. The van der Waals surface area contributed by atoms with Gasteiger partial charge in [-0.05, 0) is 38.2 Å². The number of aryl methyl sites for hydroxylation is 1. The highest BCUT2D eigenvalue weighted by Gasteiger charge is 2.27. The predicted octanol–water partition coefficient (Wildman–Crippen LogP) is 5.07. The number of hydrogen-bond donors (Lipinski definition) is 2. The van der Waals surface area contributed by atoms with Crippen molar-refractivity contribution in [1.29, 1.82) is 0 Å². The summed E-state index contributed by atoms with van der Waals surface area (Å²) in [4.78, 5) is 0. The van der Waals surface area contributed by atoms with E-state index in [0.717, 1.165) is 4.68 Å². The summed E-state index contributed by atoms with van der Waals surface area (Å²) >= 11 is 5.34. The van der Waals surface area contributed by atoms with Crippen LogP contribution in [0.15, 0.2) is 18.2 Å². The lowest BCUT2D eigenvalue weighted by Crippen LogP contribution is -2.20. The summed E-state index contributed by atoms with van der Waals surface area (Å²) in [6.07, 6.45) is 0. The summed E-state index contributed by atoms with van der Waals surface area (Å²) in [5.74, 6) is -9.00. The Labute approximate surface area is 191 Å². The zero-order valence-electron chi connectivity index (χ0n) is 17.9. The van der Waals surface area contributed by atoms with E-state index in [1.165, 1.54) is 14.2 Å². The molecule has 0 aliphatic rings. The zero-order chi connectivity index (χ0) is 24.4. The van der Waals surface area contributed by atoms with Gasteiger partial charge in [-0.2, -0.15) is 5.10 Å². The SMILES string of the molecule is COc1ccc(OC)c(NC(=S)Nc2c(C)nn(Cc3c(F)c(F)c(F)c(F)c3F)c2C)c1. The molecule has 33 heavy (non-hydrogen) atoms. The Morgan fingerprint density at radius 3 is 2.12 bits per heavy atom. The molecule has 1 heterocycles. The maximum absolute atomic E-state index is 14.1. The first-order valence-electron chi connectivity index (χ1n) is 9.43. The first-order valence-corrected chi connectivity index (χ1v) is 9.84. The highest BCUT2D eigenvalue weighted by molar-refractivity contribution is 7.80. The molecule has 6 nitrogen and oxygen atoms in total. The van der Waals surface area contributed by atoms with Crippen LogP contribution in [0.1, 0.15) is 17.0 Å². The Kier molecular flexibility index (Phi) is 7.06. The molecule has 2 N–H and O–H groups in total. The van der Waals surface area contributed by atoms with Gasteiger partial charge in [0, 0.05) is 6.07 Å². The van der Waals surface area contributed by atoms with Crippen LogP contribution in [-0.4, -0.2) is 29.1 Å². The monoisotopic (exact) mass is 486 g/mol. The fraction of sp³-hybridized carbons (Fsp3) is 0.238. The van der Waals surface area contributed by atoms with Gasteiger partial charge in [0.05, 0.1) is 49.1 Å². The molecule has 0 amide bonds. The van der Waals surface area contributed by atoms with Gasteiger partial charge in [0.2, 0.25) is 5.82 Å². The number of thiocarbonyl (C=S) groups is 1. The molecule has 3 rings (SSSR count). The lowest BCUT2D eigenvalue weighted by molar-refractivity contribution is 0.366. The number of nitrogens with zero attached hydrogens (tertiary/aromatic N) is 2. The van der Waals surface area contributed by atoms with Crippen molar-refractivity contribution < 1.29 is 31.4 Å². The first-order chi connectivity index (χ1) is 15.6. The lowest BCUT2D eigenvalue weighted by Gasteiger charge is -2.15. The number of ether oxygens (including phenoxy) is 2. The van der Waals surface area contributed by atoms with E-state index >= 15 is 0 Å². The smallest absolute Gasteiger partial charge is 0.200 e. The Hall–Kier alpha value is -3.41. The molecule has 0 unspecified atom stereocenters. The lowest BCUT2D eigenvalue weighted by atomic mass is 10.1. The summed E-state index contributed by atoms with van der Waals surface area (Å²) in [7, 11) is 3.00. The molecule has 0 atom stereocenters. The molecule has 0 saturated carbocycles. The van der Waals surface area contributed by atoms with E-state index in [-0.39, 0.29) is 5.11 Å². The van der Waals surface area contributed by atoms with Crippen LogP contribution in [0.3, 0.4) is 0 Å². The van der Waals surface area contributed by atoms with Crippen LogP contribution in [-0.2, 0) is 6.54 Å². The van der Waals surface area contributed by atoms with Crippen LogP contribution in [0, 0.1) is 42.9 Å². The molecule has 0 spiro atoms. The van der Waals surface area contributed by atoms with Gasteiger partial charge in [-0.3, -0.25) is 4.68 Å². The molecule has 0 radical (unpaired) electrons. The second-order valence-corrected chi connectivity index (χ2v) is 7.31. The van der Waals surface area contributed by atoms with E-state index in [9.17, 15) is 22.0 Å². The van der Waals surface area contributed by atoms with E-state index in [1.54, 1.807) is 32.0 Å². The number of nitrogens with one attached hydrogen (secondary N) is 2. The fourth-order valence-electron chi connectivity index (χ4n) is 3.15. The van der Waals surface area contributed by atoms with Crippen LogP contribution in [0.5, 0.6) is 11.5 Å². The maximum Gasteiger partial charge on any atom is 0.200 e. The van der Waals surface area contributed by atoms with Crippen LogP contribution in [0.25, 0.3) is 0 Å². The Morgan fingerprint density at radius 1 is 0.939 bits per heavy atom. The fourth-order valence-corrected chi connectivity index (χ4v) is 3.36. The summed E-state index contributed by atoms with van der Waals surface area (Å²) in [6, 6.07) is 5.06. The molecule has 176 valence electrons. The normalized spacial score (nSPS) is 10.8. The van der Waals surface area contributed by atoms with Crippen molar-refractivity contribution in [3.8, 4) is 11.5 Å². The molecular formula is C21H19F5N4O2S.